The molecule has 0 amide bonds. The molecule has 7 nitrogen and oxygen atoms in total. The van der Waals surface area contributed by atoms with Gasteiger partial charge in [-0.15, -0.1) is 0 Å². The lowest BCUT2D eigenvalue weighted by molar-refractivity contribution is -0.870. The number of carbonyl (C=O) groups excluding carboxylic acids is 1. The predicted molar refractivity (Wildman–Crippen MR) is 158 cm³/mol. The molecule has 0 aliphatic carbocycles. The normalized spacial score (nSPS) is 14.0. The van der Waals surface area contributed by atoms with E-state index in [-0.39, 0.29) is 18.5 Å². The zero-order valence-corrected chi connectivity index (χ0v) is 26.5. The molecule has 2 unspecified atom stereocenters. The highest BCUT2D eigenvalue weighted by Crippen LogP contribution is 2.40. The molecule has 0 aromatic heterocycles. The summed E-state index contributed by atoms with van der Waals surface area (Å²) < 4.78 is 22.8. The number of unbranched alkanes of at least 4 members (excludes halogenated alkanes) is 15. The maximum absolute atomic E-state index is 11.5. The number of hydrogen-bond donors (Lipinski definition) is 2. The Morgan fingerprint density at radius 2 is 1.18 bits per heavy atom. The molecule has 0 rings (SSSR count). The Labute approximate surface area is 235 Å². The number of phosphoric acid groups is 1. The standard InChI is InChI=1S/C30H62NO6P/c1-6-7-8-9-10-11-12-13-14-15-16-17-18-19-20-21-23-29(27-36-28(2)32)26-30(37-38(33,34)35)24-22-25-31(3,4)5/h29-30H,6-27H2,1-5H3,(H-,33,34,35)/p+1. The number of esters is 1. The van der Waals surface area contributed by atoms with E-state index in [0.717, 1.165) is 36.7 Å². The van der Waals surface area contributed by atoms with Crippen LogP contribution in [0.3, 0.4) is 0 Å². The van der Waals surface area contributed by atoms with Crippen molar-refractivity contribution in [2.45, 2.75) is 148 Å². The van der Waals surface area contributed by atoms with Gasteiger partial charge < -0.3 is 19.0 Å². The lowest BCUT2D eigenvalue weighted by Crippen LogP contribution is -2.35. The Bertz CT molecular complexity index is 604. The van der Waals surface area contributed by atoms with Gasteiger partial charge in [0, 0.05) is 6.92 Å². The van der Waals surface area contributed by atoms with E-state index in [2.05, 4.69) is 28.1 Å². The monoisotopic (exact) mass is 564 g/mol. The summed E-state index contributed by atoms with van der Waals surface area (Å²) in [7, 11) is 1.72. The van der Waals surface area contributed by atoms with Crippen LogP contribution in [0.4, 0.5) is 0 Å². The Morgan fingerprint density at radius 1 is 0.737 bits per heavy atom. The molecule has 0 radical (unpaired) electrons. The summed E-state index contributed by atoms with van der Waals surface area (Å²) in [5, 5.41) is 0. The highest BCUT2D eigenvalue weighted by atomic mass is 31.2. The molecule has 8 heteroatoms. The van der Waals surface area contributed by atoms with Gasteiger partial charge in [-0.05, 0) is 31.6 Å². The molecule has 0 heterocycles. The van der Waals surface area contributed by atoms with E-state index in [9.17, 15) is 19.1 Å². The van der Waals surface area contributed by atoms with Crippen LogP contribution in [0.15, 0.2) is 0 Å². The molecule has 0 saturated carbocycles. The third kappa shape index (κ3) is 28.5. The first-order valence-corrected chi connectivity index (χ1v) is 17.1. The average Bonchev–Trinajstić information content (AvgIpc) is 2.80. The average molecular weight is 565 g/mol. The van der Waals surface area contributed by atoms with E-state index in [1.54, 1.807) is 0 Å². The molecule has 0 saturated heterocycles. The molecule has 2 atom stereocenters. The van der Waals surface area contributed by atoms with E-state index < -0.39 is 13.9 Å². The molecule has 38 heavy (non-hydrogen) atoms. The van der Waals surface area contributed by atoms with Gasteiger partial charge in [-0.25, -0.2) is 4.57 Å². The van der Waals surface area contributed by atoms with Gasteiger partial charge in [0.05, 0.1) is 40.4 Å². The Hall–Kier alpha value is -0.460. The number of ether oxygens (including phenoxy) is 1. The van der Waals surface area contributed by atoms with E-state index in [1.165, 1.54) is 96.8 Å². The van der Waals surface area contributed by atoms with Gasteiger partial charge in [-0.2, -0.15) is 0 Å². The van der Waals surface area contributed by atoms with Gasteiger partial charge in [0.2, 0.25) is 0 Å². The van der Waals surface area contributed by atoms with Crippen molar-refractivity contribution in [2.24, 2.45) is 5.92 Å². The fourth-order valence-corrected chi connectivity index (χ4v) is 5.64. The highest BCUT2D eigenvalue weighted by Gasteiger charge is 2.26. The van der Waals surface area contributed by atoms with Crippen molar-refractivity contribution in [1.29, 1.82) is 0 Å². The van der Waals surface area contributed by atoms with Crippen LogP contribution in [-0.2, 0) is 18.6 Å². The largest absolute Gasteiger partial charge is 0.469 e. The number of quaternary nitrogens is 1. The minimum Gasteiger partial charge on any atom is -0.466 e. The minimum absolute atomic E-state index is 0.0474. The van der Waals surface area contributed by atoms with Crippen LogP contribution in [0.2, 0.25) is 0 Å². The quantitative estimate of drug-likeness (QED) is 0.0452. The maximum Gasteiger partial charge on any atom is 0.469 e. The maximum atomic E-state index is 11.5. The van der Waals surface area contributed by atoms with Crippen molar-refractivity contribution in [3.8, 4) is 0 Å². The summed E-state index contributed by atoms with van der Waals surface area (Å²) in [4.78, 5) is 30.2. The van der Waals surface area contributed by atoms with Crippen LogP contribution < -0.4 is 0 Å². The fourth-order valence-electron chi connectivity index (χ4n) is 5.06. The van der Waals surface area contributed by atoms with Gasteiger partial charge in [0.1, 0.15) is 0 Å². The lowest BCUT2D eigenvalue weighted by atomic mass is 9.93. The summed E-state index contributed by atoms with van der Waals surface area (Å²) >= 11 is 0. The van der Waals surface area contributed by atoms with Gasteiger partial charge in [0.25, 0.3) is 0 Å². The second-order valence-corrected chi connectivity index (χ2v) is 13.6. The number of hydrogen-bond acceptors (Lipinski definition) is 4. The van der Waals surface area contributed by atoms with Crippen molar-refractivity contribution in [3.05, 3.63) is 0 Å². The second kappa shape index (κ2) is 23.3. The van der Waals surface area contributed by atoms with Gasteiger partial charge in [-0.3, -0.25) is 9.32 Å². The molecule has 0 bridgehead atoms. The van der Waals surface area contributed by atoms with E-state index >= 15 is 0 Å². The van der Waals surface area contributed by atoms with Crippen molar-refractivity contribution in [1.82, 2.24) is 0 Å². The molecule has 0 fully saturated rings. The topological polar surface area (TPSA) is 93.1 Å². The molecule has 0 aliphatic rings. The molecule has 2 N–H and O–H groups in total. The van der Waals surface area contributed by atoms with Crippen LogP contribution in [-0.4, -0.2) is 60.6 Å². The molecule has 0 spiro atoms. The highest BCUT2D eigenvalue weighted by molar-refractivity contribution is 7.46. The molecule has 0 aromatic rings. The Morgan fingerprint density at radius 3 is 1.58 bits per heavy atom. The molecule has 0 aliphatic heterocycles. The Balaban J connectivity index is 4.16. The first-order chi connectivity index (χ1) is 17.9. The van der Waals surface area contributed by atoms with Gasteiger partial charge in [0.15, 0.2) is 0 Å². The number of rotatable bonds is 27. The van der Waals surface area contributed by atoms with E-state index in [0.29, 0.717) is 12.8 Å². The third-order valence-electron chi connectivity index (χ3n) is 7.23. The summed E-state index contributed by atoms with van der Waals surface area (Å²) in [6.45, 7) is 4.85. The van der Waals surface area contributed by atoms with Gasteiger partial charge >= 0.3 is 13.8 Å². The summed E-state index contributed by atoms with van der Waals surface area (Å²) in [6, 6.07) is 0. The summed E-state index contributed by atoms with van der Waals surface area (Å²) in [6.07, 6.45) is 23.4. The van der Waals surface area contributed by atoms with Crippen LogP contribution in [0.1, 0.15) is 142 Å². The number of carbonyl (C=O) groups is 1. The molecular weight excluding hydrogens is 501 g/mol. The third-order valence-corrected chi connectivity index (χ3v) is 7.80. The van der Waals surface area contributed by atoms with Crippen molar-refractivity contribution < 1.29 is 32.9 Å². The molecular formula is C30H63NO6P+. The second-order valence-electron chi connectivity index (χ2n) is 12.4. The van der Waals surface area contributed by atoms with Crippen LogP contribution in [0.25, 0.3) is 0 Å². The smallest absolute Gasteiger partial charge is 0.466 e. The molecule has 228 valence electrons. The number of phosphoric ester groups is 1. The minimum atomic E-state index is -4.57. The SMILES string of the molecule is CCCCCCCCCCCCCCCCCCC(COC(C)=O)CC(CCC[N+](C)(C)C)OP(=O)(O)O. The van der Waals surface area contributed by atoms with Gasteiger partial charge in [-0.1, -0.05) is 110 Å². The van der Waals surface area contributed by atoms with Crippen molar-refractivity contribution >= 4 is 13.8 Å². The molecule has 0 aromatic carbocycles. The van der Waals surface area contributed by atoms with E-state index in [4.69, 9.17) is 9.26 Å². The fraction of sp³-hybridized carbons (Fsp3) is 0.967. The van der Waals surface area contributed by atoms with Crippen LogP contribution >= 0.6 is 7.82 Å². The van der Waals surface area contributed by atoms with E-state index in [1.807, 2.05) is 0 Å². The first-order valence-electron chi connectivity index (χ1n) is 15.6. The predicted octanol–water partition coefficient (Wildman–Crippen LogP) is 8.17. The number of nitrogens with zero attached hydrogens (tertiary/aromatic N) is 1. The van der Waals surface area contributed by atoms with Crippen LogP contribution in [0.5, 0.6) is 0 Å². The van der Waals surface area contributed by atoms with Crippen molar-refractivity contribution in [2.75, 3.05) is 34.3 Å². The zero-order chi connectivity index (χ0) is 28.7. The first kappa shape index (κ1) is 37.5. The summed E-state index contributed by atoms with van der Waals surface area (Å²) in [5.74, 6) is -0.273. The van der Waals surface area contributed by atoms with Crippen LogP contribution in [0, 0.1) is 5.92 Å². The Kier molecular flexibility index (Phi) is 23.0. The van der Waals surface area contributed by atoms with Crippen molar-refractivity contribution in [3.63, 3.8) is 0 Å². The summed E-state index contributed by atoms with van der Waals surface area (Å²) in [5.41, 5.74) is 0. The zero-order valence-electron chi connectivity index (χ0n) is 25.6. The lowest BCUT2D eigenvalue weighted by Gasteiger charge is -2.27.